The van der Waals surface area contributed by atoms with Crippen LogP contribution >= 0.6 is 27.5 Å². The third-order valence-electron chi connectivity index (χ3n) is 6.53. The topological polar surface area (TPSA) is 40.6 Å². The van der Waals surface area contributed by atoms with Gasteiger partial charge in [-0.25, -0.2) is 0 Å². The zero-order chi connectivity index (χ0) is 25.2. The van der Waals surface area contributed by atoms with Gasteiger partial charge >= 0.3 is 0 Å². The van der Waals surface area contributed by atoms with E-state index in [1.807, 2.05) is 95.6 Å². The van der Waals surface area contributed by atoms with Gasteiger partial charge in [-0.15, -0.1) is 0 Å². The Morgan fingerprint density at radius 3 is 2.14 bits per heavy atom. The number of anilines is 2. The molecule has 36 heavy (non-hydrogen) atoms. The van der Waals surface area contributed by atoms with E-state index in [1.54, 1.807) is 24.3 Å². The summed E-state index contributed by atoms with van der Waals surface area (Å²) in [5.41, 5.74) is 3.74. The normalized spacial score (nSPS) is 16.8. The second-order valence-electron chi connectivity index (χ2n) is 8.86. The lowest BCUT2D eigenvalue weighted by atomic mass is 9.89. The summed E-state index contributed by atoms with van der Waals surface area (Å²) in [6.45, 7) is 2.03. The van der Waals surface area contributed by atoms with Crippen LogP contribution in [0.3, 0.4) is 0 Å². The van der Waals surface area contributed by atoms with Gasteiger partial charge in [0.2, 0.25) is 0 Å². The van der Waals surface area contributed by atoms with E-state index in [4.69, 9.17) is 11.6 Å². The summed E-state index contributed by atoms with van der Waals surface area (Å²) in [5, 5.41) is 0.587. The lowest BCUT2D eigenvalue weighted by molar-refractivity contribution is 0.0965. The fraction of sp³-hybridized carbons (Fsp3) is 0.133. The van der Waals surface area contributed by atoms with Gasteiger partial charge in [-0.05, 0) is 85.6 Å². The standard InChI is InChI=1S/C30H24BrClN2O2/c1-20-19-28(34(25-7-3-2-4-8-25)30(36)21-11-15-23(31)16-12-21)26-9-5-6-10-27(26)33(20)29(35)22-13-17-24(32)18-14-22/h2-18,20,28H,19H2,1H3/t20-,28-/m1/s1. The van der Waals surface area contributed by atoms with Gasteiger partial charge in [-0.2, -0.15) is 0 Å². The minimum atomic E-state index is -0.246. The summed E-state index contributed by atoms with van der Waals surface area (Å²) >= 11 is 9.50. The highest BCUT2D eigenvalue weighted by molar-refractivity contribution is 9.10. The molecule has 0 aliphatic carbocycles. The quantitative estimate of drug-likeness (QED) is 0.255. The predicted molar refractivity (Wildman–Crippen MR) is 149 cm³/mol. The molecule has 2 amide bonds. The van der Waals surface area contributed by atoms with Crippen molar-refractivity contribution in [3.05, 3.63) is 129 Å². The van der Waals surface area contributed by atoms with Crippen molar-refractivity contribution in [2.75, 3.05) is 9.80 Å². The number of halogens is 2. The predicted octanol–water partition coefficient (Wildman–Crippen LogP) is 7.93. The first-order valence-electron chi connectivity index (χ1n) is 11.8. The van der Waals surface area contributed by atoms with Crippen LogP contribution in [0, 0.1) is 0 Å². The lowest BCUT2D eigenvalue weighted by Crippen LogP contribution is -2.47. The van der Waals surface area contributed by atoms with E-state index in [0.29, 0.717) is 22.6 Å². The highest BCUT2D eigenvalue weighted by atomic mass is 79.9. The maximum absolute atomic E-state index is 14.0. The molecule has 1 aliphatic heterocycles. The van der Waals surface area contributed by atoms with Crippen LogP contribution in [0.25, 0.3) is 0 Å². The molecule has 0 N–H and O–H groups in total. The molecule has 0 unspecified atom stereocenters. The number of fused-ring (bicyclic) bond motifs is 1. The van der Waals surface area contributed by atoms with Gasteiger partial charge in [0.15, 0.2) is 0 Å². The average Bonchev–Trinajstić information content (AvgIpc) is 2.90. The van der Waals surface area contributed by atoms with E-state index < -0.39 is 0 Å². The molecule has 0 saturated heterocycles. The second-order valence-corrected chi connectivity index (χ2v) is 10.2. The van der Waals surface area contributed by atoms with Gasteiger partial charge < -0.3 is 9.80 Å². The van der Waals surface area contributed by atoms with Crippen LogP contribution in [-0.4, -0.2) is 17.9 Å². The zero-order valence-electron chi connectivity index (χ0n) is 19.6. The molecule has 1 heterocycles. The second kappa shape index (κ2) is 10.3. The van der Waals surface area contributed by atoms with Crippen LogP contribution in [0.15, 0.2) is 108 Å². The van der Waals surface area contributed by atoms with E-state index in [2.05, 4.69) is 15.9 Å². The number of nitrogens with zero attached hydrogens (tertiary/aromatic N) is 2. The summed E-state index contributed by atoms with van der Waals surface area (Å²) in [6, 6.07) is 31.6. The molecule has 4 nitrogen and oxygen atoms in total. The van der Waals surface area contributed by atoms with Crippen molar-refractivity contribution >= 4 is 50.7 Å². The molecule has 6 heteroatoms. The fourth-order valence-corrected chi connectivity index (χ4v) is 5.22. The van der Waals surface area contributed by atoms with Crippen molar-refractivity contribution in [1.82, 2.24) is 0 Å². The lowest BCUT2D eigenvalue weighted by Gasteiger charge is -2.43. The maximum Gasteiger partial charge on any atom is 0.258 e. The number of hydrogen-bond donors (Lipinski definition) is 0. The van der Waals surface area contributed by atoms with Crippen LogP contribution in [0.4, 0.5) is 11.4 Å². The number of carbonyl (C=O) groups excluding carboxylic acids is 2. The van der Waals surface area contributed by atoms with Gasteiger partial charge in [0.05, 0.1) is 6.04 Å². The molecule has 4 aromatic carbocycles. The number of amides is 2. The van der Waals surface area contributed by atoms with Crippen molar-refractivity contribution in [3.63, 3.8) is 0 Å². The van der Waals surface area contributed by atoms with E-state index in [1.165, 1.54) is 0 Å². The zero-order valence-corrected chi connectivity index (χ0v) is 22.0. The largest absolute Gasteiger partial charge is 0.305 e. The Balaban J connectivity index is 1.60. The Kier molecular flexibility index (Phi) is 6.95. The fourth-order valence-electron chi connectivity index (χ4n) is 4.83. The van der Waals surface area contributed by atoms with Crippen LogP contribution in [0.1, 0.15) is 45.7 Å². The Bertz CT molecular complexity index is 1390. The molecule has 0 aromatic heterocycles. The molecule has 0 radical (unpaired) electrons. The summed E-state index contributed by atoms with van der Waals surface area (Å²) in [7, 11) is 0. The van der Waals surface area contributed by atoms with Crippen LogP contribution in [0.5, 0.6) is 0 Å². The number of carbonyl (C=O) groups is 2. The third-order valence-corrected chi connectivity index (χ3v) is 7.31. The number of hydrogen-bond acceptors (Lipinski definition) is 2. The Morgan fingerprint density at radius 2 is 1.44 bits per heavy atom. The molecule has 4 aromatic rings. The summed E-state index contributed by atoms with van der Waals surface area (Å²) in [5.74, 6) is -0.172. The first-order chi connectivity index (χ1) is 17.4. The highest BCUT2D eigenvalue weighted by Gasteiger charge is 2.39. The molecule has 1 aliphatic rings. The molecule has 5 rings (SSSR count). The summed E-state index contributed by atoms with van der Waals surface area (Å²) in [6.07, 6.45) is 0.591. The molecule has 2 atom stereocenters. The summed E-state index contributed by atoms with van der Waals surface area (Å²) in [4.78, 5) is 31.3. The number of rotatable bonds is 4. The van der Waals surface area contributed by atoms with E-state index in [9.17, 15) is 9.59 Å². The Hall–Kier alpha value is -3.41. The first-order valence-corrected chi connectivity index (χ1v) is 12.9. The third kappa shape index (κ3) is 4.69. The van der Waals surface area contributed by atoms with Crippen LogP contribution in [0.2, 0.25) is 5.02 Å². The Morgan fingerprint density at radius 1 is 0.833 bits per heavy atom. The van der Waals surface area contributed by atoms with Gasteiger partial charge in [0.25, 0.3) is 11.8 Å². The number of benzene rings is 4. The van der Waals surface area contributed by atoms with E-state index >= 15 is 0 Å². The molecule has 0 saturated carbocycles. The molecule has 0 spiro atoms. The van der Waals surface area contributed by atoms with Gasteiger partial charge in [-0.1, -0.05) is 63.9 Å². The smallest absolute Gasteiger partial charge is 0.258 e. The molecule has 0 bridgehead atoms. The van der Waals surface area contributed by atoms with Crippen LogP contribution in [-0.2, 0) is 0 Å². The van der Waals surface area contributed by atoms with Gasteiger partial charge in [0.1, 0.15) is 0 Å². The minimum absolute atomic E-state index is 0.0850. The highest BCUT2D eigenvalue weighted by Crippen LogP contribution is 2.43. The monoisotopic (exact) mass is 558 g/mol. The number of para-hydroxylation sites is 2. The molecular formula is C30H24BrClN2O2. The van der Waals surface area contributed by atoms with Gasteiger partial charge in [-0.3, -0.25) is 9.59 Å². The van der Waals surface area contributed by atoms with Crippen molar-refractivity contribution in [2.24, 2.45) is 0 Å². The van der Waals surface area contributed by atoms with Crippen molar-refractivity contribution in [3.8, 4) is 0 Å². The average molecular weight is 560 g/mol. The molecular weight excluding hydrogens is 536 g/mol. The van der Waals surface area contributed by atoms with Crippen molar-refractivity contribution in [1.29, 1.82) is 0 Å². The van der Waals surface area contributed by atoms with Gasteiger partial charge in [0, 0.05) is 38.0 Å². The van der Waals surface area contributed by atoms with Crippen molar-refractivity contribution < 1.29 is 9.59 Å². The molecule has 0 fully saturated rings. The summed E-state index contributed by atoms with van der Waals surface area (Å²) < 4.78 is 0.915. The first kappa shape index (κ1) is 24.3. The molecule has 180 valence electrons. The van der Waals surface area contributed by atoms with E-state index in [-0.39, 0.29) is 23.9 Å². The van der Waals surface area contributed by atoms with Crippen molar-refractivity contribution in [2.45, 2.75) is 25.4 Å². The Labute approximate surface area is 224 Å². The van der Waals surface area contributed by atoms with E-state index in [0.717, 1.165) is 21.4 Å². The minimum Gasteiger partial charge on any atom is -0.305 e. The SMILES string of the molecule is C[C@@H]1C[C@@H](N(C(=O)c2ccc(Br)cc2)c2ccccc2)c2ccccc2N1C(=O)c1ccc(Cl)cc1. The van der Waals surface area contributed by atoms with Crippen LogP contribution < -0.4 is 9.80 Å². The maximum atomic E-state index is 14.0.